The quantitative estimate of drug-likeness (QED) is 0.445. The van der Waals surface area contributed by atoms with Gasteiger partial charge in [0.05, 0.1) is 41.0 Å². The number of hydrogen-bond donors (Lipinski definition) is 2. The van der Waals surface area contributed by atoms with E-state index in [-0.39, 0.29) is 22.3 Å². The summed E-state index contributed by atoms with van der Waals surface area (Å²) < 4.78 is 37.0. The van der Waals surface area contributed by atoms with Crippen LogP contribution in [-0.4, -0.2) is 33.7 Å². The molecule has 1 amide bonds. The minimum atomic E-state index is -3.63. The summed E-state index contributed by atoms with van der Waals surface area (Å²) in [7, 11) is -0.709. The Kier molecular flexibility index (Phi) is 6.82. The highest BCUT2D eigenvalue weighted by Crippen LogP contribution is 2.43. The number of phenolic OH excluding ortho intramolecular Hbond substituents is 1. The lowest BCUT2D eigenvalue weighted by molar-refractivity contribution is -0.112. The van der Waals surface area contributed by atoms with Gasteiger partial charge in [0.2, 0.25) is 0 Å². The number of aryl methyl sites for hydroxylation is 2. The van der Waals surface area contributed by atoms with Gasteiger partial charge in [0.1, 0.15) is 17.2 Å². The lowest BCUT2D eigenvalue weighted by atomic mass is 10.1. The van der Waals surface area contributed by atoms with Gasteiger partial charge in [-0.15, -0.1) is 0 Å². The Morgan fingerprint density at radius 1 is 1.00 bits per heavy atom. The second-order valence-corrected chi connectivity index (χ2v) is 11.2. The summed E-state index contributed by atoms with van der Waals surface area (Å²) in [4.78, 5) is 14.1. The number of phenols is 1. The van der Waals surface area contributed by atoms with Gasteiger partial charge in [0, 0.05) is 17.0 Å². The van der Waals surface area contributed by atoms with Crippen LogP contribution in [0, 0.1) is 13.8 Å². The molecule has 182 valence electrons. The van der Waals surface area contributed by atoms with Crippen molar-refractivity contribution in [2.24, 2.45) is 0 Å². The fourth-order valence-electron chi connectivity index (χ4n) is 3.88. The first-order chi connectivity index (χ1) is 16.6. The third-order valence-corrected chi connectivity index (χ3v) is 8.52. The summed E-state index contributed by atoms with van der Waals surface area (Å²) in [5, 5.41) is 12.7. The van der Waals surface area contributed by atoms with Crippen LogP contribution in [0.1, 0.15) is 22.3 Å². The highest BCUT2D eigenvalue weighted by molar-refractivity contribution is 8.04. The standard InChI is InChI=1S/C26H25NO6S2/c1-15-6-5-7-16(2)20(15)14-35(30,31)18-8-9-24-21(12-18)27-26(29)25(34-24)13-19-22(32-3)10-17(28)11-23(19)33-4/h5-13,28H,14H2,1-4H3,(H,27,29)/b25-13+. The number of thioether (sulfide) groups is 1. The average molecular weight is 512 g/mol. The lowest BCUT2D eigenvalue weighted by Gasteiger charge is -2.20. The molecule has 2 N–H and O–H groups in total. The van der Waals surface area contributed by atoms with Crippen molar-refractivity contribution in [2.45, 2.75) is 29.4 Å². The van der Waals surface area contributed by atoms with E-state index in [2.05, 4.69) is 5.32 Å². The molecule has 7 nitrogen and oxygen atoms in total. The Labute approximate surface area is 208 Å². The molecule has 9 heteroatoms. The number of rotatable bonds is 6. The number of amides is 1. The molecular weight excluding hydrogens is 486 g/mol. The van der Waals surface area contributed by atoms with Crippen molar-refractivity contribution in [1.82, 2.24) is 0 Å². The van der Waals surface area contributed by atoms with E-state index in [1.807, 2.05) is 32.0 Å². The van der Waals surface area contributed by atoms with Crippen LogP contribution in [0.25, 0.3) is 6.08 Å². The van der Waals surface area contributed by atoms with Crippen molar-refractivity contribution in [3.63, 3.8) is 0 Å². The predicted octanol–water partition coefficient (Wildman–Crippen LogP) is 5.09. The molecule has 1 aliphatic heterocycles. The molecule has 1 aliphatic rings. The molecule has 0 aromatic heterocycles. The van der Waals surface area contributed by atoms with E-state index in [9.17, 15) is 18.3 Å². The van der Waals surface area contributed by atoms with Crippen molar-refractivity contribution >= 4 is 39.3 Å². The zero-order valence-electron chi connectivity index (χ0n) is 19.7. The first kappa shape index (κ1) is 24.7. The Balaban J connectivity index is 1.67. The summed E-state index contributed by atoms with van der Waals surface area (Å²) in [6.07, 6.45) is 1.62. The molecule has 3 aromatic carbocycles. The number of benzene rings is 3. The van der Waals surface area contributed by atoms with Crippen molar-refractivity contribution < 1.29 is 27.8 Å². The molecule has 0 bridgehead atoms. The number of nitrogens with one attached hydrogen (secondary N) is 1. The maximum atomic E-state index is 13.2. The molecular formula is C26H25NO6S2. The Bertz CT molecular complexity index is 1420. The number of aromatic hydroxyl groups is 1. The summed E-state index contributed by atoms with van der Waals surface area (Å²) >= 11 is 1.21. The number of methoxy groups -OCH3 is 2. The van der Waals surface area contributed by atoms with Crippen LogP contribution < -0.4 is 14.8 Å². The molecule has 0 radical (unpaired) electrons. The smallest absolute Gasteiger partial charge is 0.262 e. The summed E-state index contributed by atoms with van der Waals surface area (Å²) in [5.74, 6) is 0.172. The second kappa shape index (κ2) is 9.67. The molecule has 0 unspecified atom stereocenters. The third kappa shape index (κ3) is 5.01. The van der Waals surface area contributed by atoms with E-state index in [0.717, 1.165) is 16.7 Å². The van der Waals surface area contributed by atoms with Gasteiger partial charge in [-0.2, -0.15) is 0 Å². The van der Waals surface area contributed by atoms with Crippen LogP contribution in [-0.2, 0) is 20.4 Å². The van der Waals surface area contributed by atoms with E-state index in [1.54, 1.807) is 18.2 Å². The van der Waals surface area contributed by atoms with Gasteiger partial charge in [-0.25, -0.2) is 8.42 Å². The molecule has 3 aromatic rings. The van der Waals surface area contributed by atoms with E-state index in [0.29, 0.717) is 32.6 Å². The van der Waals surface area contributed by atoms with Gasteiger partial charge in [0.25, 0.3) is 5.91 Å². The Hall–Kier alpha value is -3.43. The number of anilines is 1. The monoisotopic (exact) mass is 511 g/mol. The van der Waals surface area contributed by atoms with Gasteiger partial charge >= 0.3 is 0 Å². The molecule has 0 fully saturated rings. The zero-order valence-corrected chi connectivity index (χ0v) is 21.3. The maximum absolute atomic E-state index is 13.2. The van der Waals surface area contributed by atoms with Gasteiger partial charge in [0.15, 0.2) is 9.84 Å². The van der Waals surface area contributed by atoms with E-state index >= 15 is 0 Å². The number of hydrogen-bond acceptors (Lipinski definition) is 7. The molecule has 0 atom stereocenters. The van der Waals surface area contributed by atoms with E-state index in [4.69, 9.17) is 9.47 Å². The van der Waals surface area contributed by atoms with Gasteiger partial charge in [-0.1, -0.05) is 30.0 Å². The van der Waals surface area contributed by atoms with Crippen molar-refractivity contribution in [3.8, 4) is 17.2 Å². The van der Waals surface area contributed by atoms with Gasteiger partial charge in [-0.3, -0.25) is 4.79 Å². The van der Waals surface area contributed by atoms with Crippen molar-refractivity contribution in [2.75, 3.05) is 19.5 Å². The van der Waals surface area contributed by atoms with Crippen molar-refractivity contribution in [3.05, 3.63) is 75.7 Å². The molecule has 0 aliphatic carbocycles. The lowest BCUT2D eigenvalue weighted by Crippen LogP contribution is -2.18. The van der Waals surface area contributed by atoms with Crippen LogP contribution in [0.2, 0.25) is 0 Å². The second-order valence-electron chi connectivity index (χ2n) is 8.12. The number of carbonyl (C=O) groups excluding carboxylic acids is 1. The minimum absolute atomic E-state index is 0.0263. The van der Waals surface area contributed by atoms with Crippen LogP contribution in [0.15, 0.2) is 63.2 Å². The molecule has 0 saturated heterocycles. The first-order valence-electron chi connectivity index (χ1n) is 10.7. The number of sulfone groups is 1. The topological polar surface area (TPSA) is 102 Å². The van der Waals surface area contributed by atoms with Crippen molar-refractivity contribution in [1.29, 1.82) is 0 Å². The van der Waals surface area contributed by atoms with Gasteiger partial charge in [-0.05, 0) is 54.8 Å². The molecule has 35 heavy (non-hydrogen) atoms. The summed E-state index contributed by atoms with van der Waals surface area (Å²) in [6.45, 7) is 3.79. The van der Waals surface area contributed by atoms with Crippen LogP contribution in [0.3, 0.4) is 0 Å². The molecule has 0 spiro atoms. The molecule has 4 rings (SSSR count). The summed E-state index contributed by atoms with van der Waals surface area (Å²) in [5.41, 5.74) is 3.56. The average Bonchev–Trinajstić information content (AvgIpc) is 2.82. The van der Waals surface area contributed by atoms with E-state index < -0.39 is 9.84 Å². The number of carbonyl (C=O) groups is 1. The van der Waals surface area contributed by atoms with Crippen LogP contribution in [0.5, 0.6) is 17.2 Å². The van der Waals surface area contributed by atoms with Crippen LogP contribution >= 0.6 is 11.8 Å². The zero-order chi connectivity index (χ0) is 25.3. The Morgan fingerprint density at radius 3 is 2.23 bits per heavy atom. The summed E-state index contributed by atoms with van der Waals surface area (Å²) in [6, 6.07) is 13.3. The molecule has 1 heterocycles. The SMILES string of the molecule is COc1cc(O)cc(OC)c1/C=C1/Sc2ccc(S(=O)(=O)Cc3c(C)cccc3C)cc2NC1=O. The van der Waals surface area contributed by atoms with E-state index in [1.165, 1.54) is 44.2 Å². The van der Waals surface area contributed by atoms with Crippen LogP contribution in [0.4, 0.5) is 5.69 Å². The normalized spacial score (nSPS) is 14.4. The minimum Gasteiger partial charge on any atom is -0.508 e. The largest absolute Gasteiger partial charge is 0.508 e. The highest BCUT2D eigenvalue weighted by Gasteiger charge is 2.26. The fraction of sp³-hybridized carbons (Fsp3) is 0.192. The fourth-order valence-corrected chi connectivity index (χ4v) is 6.37. The maximum Gasteiger partial charge on any atom is 0.262 e. The molecule has 0 saturated carbocycles. The predicted molar refractivity (Wildman–Crippen MR) is 137 cm³/mol. The number of fused-ring (bicyclic) bond motifs is 1. The third-order valence-electron chi connectivity index (χ3n) is 5.79. The highest BCUT2D eigenvalue weighted by atomic mass is 32.2. The Morgan fingerprint density at radius 2 is 1.63 bits per heavy atom. The first-order valence-corrected chi connectivity index (χ1v) is 13.2. The number of ether oxygens (including phenoxy) is 2. The van der Waals surface area contributed by atoms with Gasteiger partial charge < -0.3 is 19.9 Å².